The Bertz CT molecular complexity index is 538. The number of ether oxygens (including phenoxy) is 1. The van der Waals surface area contributed by atoms with Gasteiger partial charge in [0.2, 0.25) is 0 Å². The predicted octanol–water partition coefficient (Wildman–Crippen LogP) is 0.105. The van der Waals surface area contributed by atoms with Crippen LogP contribution >= 0.6 is 0 Å². The van der Waals surface area contributed by atoms with Crippen LogP contribution in [-0.2, 0) is 11.3 Å². The van der Waals surface area contributed by atoms with E-state index in [4.69, 9.17) is 4.74 Å². The highest BCUT2D eigenvalue weighted by molar-refractivity contribution is 5.91. The van der Waals surface area contributed by atoms with Crippen molar-refractivity contribution in [3.63, 3.8) is 0 Å². The van der Waals surface area contributed by atoms with Gasteiger partial charge in [-0.25, -0.2) is 4.68 Å². The number of nitrogens with zero attached hydrogens (tertiary/aromatic N) is 3. The molecule has 0 spiro atoms. The van der Waals surface area contributed by atoms with Gasteiger partial charge in [-0.05, 0) is 12.5 Å². The third-order valence-electron chi connectivity index (χ3n) is 3.64. The van der Waals surface area contributed by atoms with Crippen LogP contribution in [0, 0.1) is 0 Å². The molecule has 1 fully saturated rings. The van der Waals surface area contributed by atoms with Gasteiger partial charge in [0.05, 0.1) is 13.2 Å². The summed E-state index contributed by atoms with van der Waals surface area (Å²) in [6.45, 7) is 7.25. The number of aromatic nitrogens is 2. The third-order valence-corrected chi connectivity index (χ3v) is 3.64. The SMILES string of the molecule is CCCCn1nc(C(=O)NCCN2CCOCC2)ccc1=O. The van der Waals surface area contributed by atoms with E-state index in [2.05, 4.69) is 15.3 Å². The van der Waals surface area contributed by atoms with Gasteiger partial charge in [0.25, 0.3) is 11.5 Å². The first-order chi connectivity index (χ1) is 10.7. The maximum Gasteiger partial charge on any atom is 0.271 e. The van der Waals surface area contributed by atoms with Crippen LogP contribution in [0.4, 0.5) is 0 Å². The van der Waals surface area contributed by atoms with E-state index in [0.717, 1.165) is 45.7 Å². The van der Waals surface area contributed by atoms with Gasteiger partial charge in [-0.2, -0.15) is 5.10 Å². The van der Waals surface area contributed by atoms with Crippen LogP contribution in [0.3, 0.4) is 0 Å². The van der Waals surface area contributed by atoms with Crippen molar-refractivity contribution in [3.8, 4) is 0 Å². The van der Waals surface area contributed by atoms with Crippen LogP contribution in [0.25, 0.3) is 0 Å². The highest BCUT2D eigenvalue weighted by Gasteiger charge is 2.12. The molecule has 0 aliphatic carbocycles. The summed E-state index contributed by atoms with van der Waals surface area (Å²) in [4.78, 5) is 26.0. The minimum absolute atomic E-state index is 0.168. The molecule has 1 aromatic rings. The molecule has 2 heterocycles. The van der Waals surface area contributed by atoms with Crippen molar-refractivity contribution in [3.05, 3.63) is 28.2 Å². The lowest BCUT2D eigenvalue weighted by molar-refractivity contribution is 0.0383. The van der Waals surface area contributed by atoms with E-state index in [-0.39, 0.29) is 17.2 Å². The van der Waals surface area contributed by atoms with E-state index in [9.17, 15) is 9.59 Å². The minimum Gasteiger partial charge on any atom is -0.379 e. The molecule has 1 aliphatic rings. The normalized spacial score (nSPS) is 15.7. The van der Waals surface area contributed by atoms with Gasteiger partial charge < -0.3 is 10.1 Å². The zero-order valence-corrected chi connectivity index (χ0v) is 13.1. The molecule has 0 bridgehead atoms. The lowest BCUT2D eigenvalue weighted by atomic mass is 10.3. The summed E-state index contributed by atoms with van der Waals surface area (Å²) >= 11 is 0. The van der Waals surface area contributed by atoms with Crippen LogP contribution < -0.4 is 10.9 Å². The Kier molecular flexibility index (Phi) is 6.54. The zero-order chi connectivity index (χ0) is 15.8. The molecule has 0 aromatic carbocycles. The van der Waals surface area contributed by atoms with E-state index in [1.807, 2.05) is 6.92 Å². The summed E-state index contributed by atoms with van der Waals surface area (Å²) < 4.78 is 6.64. The summed E-state index contributed by atoms with van der Waals surface area (Å²) in [6.07, 6.45) is 1.85. The number of unbranched alkanes of at least 4 members (excludes halogenated alkanes) is 1. The van der Waals surface area contributed by atoms with Crippen LogP contribution in [0.2, 0.25) is 0 Å². The molecule has 1 amide bonds. The van der Waals surface area contributed by atoms with E-state index < -0.39 is 0 Å². The van der Waals surface area contributed by atoms with Crippen molar-refractivity contribution in [2.24, 2.45) is 0 Å². The number of hydrogen-bond acceptors (Lipinski definition) is 5. The number of nitrogens with one attached hydrogen (secondary N) is 1. The van der Waals surface area contributed by atoms with Crippen LogP contribution in [0.1, 0.15) is 30.3 Å². The summed E-state index contributed by atoms with van der Waals surface area (Å²) in [5.74, 6) is -0.237. The Hall–Kier alpha value is -1.73. The van der Waals surface area contributed by atoms with Crippen molar-refractivity contribution in [1.29, 1.82) is 0 Å². The minimum atomic E-state index is -0.237. The average molecular weight is 308 g/mol. The molecule has 1 saturated heterocycles. The molecule has 1 aromatic heterocycles. The Labute approximate surface area is 130 Å². The topological polar surface area (TPSA) is 76.5 Å². The summed E-state index contributed by atoms with van der Waals surface area (Å²) in [7, 11) is 0. The van der Waals surface area contributed by atoms with Crippen molar-refractivity contribution in [1.82, 2.24) is 20.0 Å². The Morgan fingerprint density at radius 2 is 2.09 bits per heavy atom. The quantitative estimate of drug-likeness (QED) is 0.773. The summed E-state index contributed by atoms with van der Waals surface area (Å²) in [5, 5.41) is 6.98. The van der Waals surface area contributed by atoms with E-state index in [0.29, 0.717) is 13.1 Å². The Morgan fingerprint density at radius 3 is 2.82 bits per heavy atom. The molecular formula is C15H24N4O3. The smallest absolute Gasteiger partial charge is 0.271 e. The molecule has 0 saturated carbocycles. The zero-order valence-electron chi connectivity index (χ0n) is 13.1. The Morgan fingerprint density at radius 1 is 1.32 bits per heavy atom. The van der Waals surface area contributed by atoms with Gasteiger partial charge in [0.15, 0.2) is 0 Å². The van der Waals surface area contributed by atoms with E-state index in [1.165, 1.54) is 16.8 Å². The molecule has 22 heavy (non-hydrogen) atoms. The third kappa shape index (κ3) is 4.92. The largest absolute Gasteiger partial charge is 0.379 e. The number of carbonyl (C=O) groups is 1. The first-order valence-electron chi connectivity index (χ1n) is 7.87. The number of hydrogen-bond donors (Lipinski definition) is 1. The number of morpholine rings is 1. The molecule has 2 rings (SSSR count). The molecular weight excluding hydrogens is 284 g/mol. The standard InChI is InChI=1S/C15H24N4O3/c1-2-3-7-19-14(20)5-4-13(17-19)15(21)16-6-8-18-9-11-22-12-10-18/h4-5H,2-3,6-12H2,1H3,(H,16,21). The number of carbonyl (C=O) groups excluding carboxylic acids is 1. The van der Waals surface area contributed by atoms with Gasteiger partial charge in [0.1, 0.15) is 5.69 Å². The van der Waals surface area contributed by atoms with Crippen molar-refractivity contribution in [2.45, 2.75) is 26.3 Å². The summed E-state index contributed by atoms with van der Waals surface area (Å²) in [6, 6.07) is 2.88. The molecule has 122 valence electrons. The van der Waals surface area contributed by atoms with Crippen LogP contribution in [-0.4, -0.2) is 60.0 Å². The second-order valence-electron chi connectivity index (χ2n) is 5.34. The number of rotatable bonds is 7. The first-order valence-corrected chi connectivity index (χ1v) is 7.87. The molecule has 0 radical (unpaired) electrons. The van der Waals surface area contributed by atoms with Gasteiger partial charge >= 0.3 is 0 Å². The first kappa shape index (κ1) is 16.6. The van der Waals surface area contributed by atoms with Gasteiger partial charge in [-0.15, -0.1) is 0 Å². The fraction of sp³-hybridized carbons (Fsp3) is 0.667. The molecule has 7 nitrogen and oxygen atoms in total. The highest BCUT2D eigenvalue weighted by Crippen LogP contribution is 1.96. The maximum absolute atomic E-state index is 12.1. The highest BCUT2D eigenvalue weighted by atomic mass is 16.5. The van der Waals surface area contributed by atoms with Crippen molar-refractivity contribution in [2.75, 3.05) is 39.4 Å². The van der Waals surface area contributed by atoms with Crippen LogP contribution in [0.15, 0.2) is 16.9 Å². The number of aryl methyl sites for hydroxylation is 1. The van der Waals surface area contributed by atoms with E-state index in [1.54, 1.807) is 0 Å². The second-order valence-corrected chi connectivity index (χ2v) is 5.34. The number of amides is 1. The second kappa shape index (κ2) is 8.65. The fourth-order valence-corrected chi connectivity index (χ4v) is 2.28. The van der Waals surface area contributed by atoms with Gasteiger partial charge in [0, 0.05) is 38.8 Å². The Balaban J connectivity index is 1.84. The predicted molar refractivity (Wildman–Crippen MR) is 83.0 cm³/mol. The van der Waals surface area contributed by atoms with Crippen LogP contribution in [0.5, 0.6) is 0 Å². The summed E-state index contributed by atoms with van der Waals surface area (Å²) in [5.41, 5.74) is 0.121. The average Bonchev–Trinajstić information content (AvgIpc) is 2.55. The molecule has 1 N–H and O–H groups in total. The van der Waals surface area contributed by atoms with Crippen molar-refractivity contribution >= 4 is 5.91 Å². The molecule has 7 heteroatoms. The monoisotopic (exact) mass is 308 g/mol. The fourth-order valence-electron chi connectivity index (χ4n) is 2.28. The molecule has 0 atom stereocenters. The lowest BCUT2D eigenvalue weighted by Gasteiger charge is -2.26. The molecule has 1 aliphatic heterocycles. The molecule has 0 unspecified atom stereocenters. The van der Waals surface area contributed by atoms with E-state index >= 15 is 0 Å². The van der Waals surface area contributed by atoms with Gasteiger partial charge in [-0.3, -0.25) is 14.5 Å². The maximum atomic E-state index is 12.1. The lowest BCUT2D eigenvalue weighted by Crippen LogP contribution is -2.41. The van der Waals surface area contributed by atoms with Gasteiger partial charge in [-0.1, -0.05) is 13.3 Å². The van der Waals surface area contributed by atoms with Crippen molar-refractivity contribution < 1.29 is 9.53 Å².